The number of carbonyl (C=O) groups is 2. The molecule has 1 atom stereocenters. The van der Waals surface area contributed by atoms with Crippen LogP contribution >= 0.6 is 0 Å². The number of carbonyl (C=O) groups excluding carboxylic acids is 1. The number of amides is 1. The van der Waals surface area contributed by atoms with Crippen LogP contribution in [-0.4, -0.2) is 52.5 Å². The van der Waals surface area contributed by atoms with E-state index in [0.717, 1.165) is 0 Å². The minimum Gasteiger partial charge on any atom is -0.496 e. The van der Waals surface area contributed by atoms with Gasteiger partial charge in [0, 0.05) is 6.42 Å². The van der Waals surface area contributed by atoms with Gasteiger partial charge in [0.1, 0.15) is 23.9 Å². The van der Waals surface area contributed by atoms with Crippen molar-refractivity contribution in [2.75, 3.05) is 6.51 Å². The van der Waals surface area contributed by atoms with Crippen LogP contribution in [0.15, 0.2) is 24.3 Å². The predicted octanol–water partition coefficient (Wildman–Crippen LogP) is 0.598. The lowest BCUT2D eigenvalue weighted by atomic mass is 9.95. The van der Waals surface area contributed by atoms with Crippen LogP contribution in [0.2, 0.25) is 0 Å². The van der Waals surface area contributed by atoms with Crippen LogP contribution in [0.1, 0.15) is 26.3 Å². The number of ether oxygens (including phenoxy) is 2. The lowest BCUT2D eigenvalue weighted by molar-refractivity contribution is -0.139. The minimum atomic E-state index is -1.60. The number of nitrogens with one attached hydrogen (secondary N) is 1. The Morgan fingerprint density at radius 1 is 1.29 bits per heavy atom. The highest BCUT2D eigenvalue weighted by atomic mass is 16.6. The second-order valence-corrected chi connectivity index (χ2v) is 6.18. The SMILES string of the molecule is CC(C)(C)OC(=O)N[C@H](Cc1cccc(OCB(O)O)c1)C(=O)O. The Morgan fingerprint density at radius 3 is 2.50 bits per heavy atom. The van der Waals surface area contributed by atoms with Crippen molar-refractivity contribution >= 4 is 19.2 Å². The van der Waals surface area contributed by atoms with Crippen LogP contribution in [0.25, 0.3) is 0 Å². The van der Waals surface area contributed by atoms with Gasteiger partial charge in [-0.1, -0.05) is 12.1 Å². The molecule has 0 aliphatic heterocycles. The number of alkyl carbamates (subject to hydrolysis) is 1. The molecule has 9 heteroatoms. The van der Waals surface area contributed by atoms with Crippen molar-refractivity contribution in [3.63, 3.8) is 0 Å². The Bertz CT molecular complexity index is 571. The third-order valence-corrected chi connectivity index (χ3v) is 2.73. The van der Waals surface area contributed by atoms with Crippen LogP contribution in [0.3, 0.4) is 0 Å². The maximum Gasteiger partial charge on any atom is 0.491 e. The van der Waals surface area contributed by atoms with Crippen molar-refractivity contribution in [3.8, 4) is 5.75 Å². The number of hydrogen-bond acceptors (Lipinski definition) is 6. The number of hydrogen-bond donors (Lipinski definition) is 4. The first kappa shape index (κ1) is 19.8. The fraction of sp³-hybridized carbons (Fsp3) is 0.467. The Kier molecular flexibility index (Phi) is 7.06. The van der Waals surface area contributed by atoms with Gasteiger partial charge in [0.05, 0.1) is 0 Å². The van der Waals surface area contributed by atoms with Crippen molar-refractivity contribution in [1.29, 1.82) is 0 Å². The molecule has 1 aromatic carbocycles. The van der Waals surface area contributed by atoms with E-state index in [2.05, 4.69) is 5.32 Å². The van der Waals surface area contributed by atoms with Gasteiger partial charge < -0.3 is 29.9 Å². The Morgan fingerprint density at radius 2 is 1.96 bits per heavy atom. The highest BCUT2D eigenvalue weighted by molar-refractivity contribution is 6.40. The van der Waals surface area contributed by atoms with Crippen LogP contribution in [-0.2, 0) is 16.0 Å². The summed E-state index contributed by atoms with van der Waals surface area (Å²) in [7, 11) is -1.60. The van der Waals surface area contributed by atoms with Gasteiger partial charge in [-0.15, -0.1) is 0 Å². The van der Waals surface area contributed by atoms with Crippen molar-refractivity contribution < 1.29 is 34.2 Å². The molecule has 4 N–H and O–H groups in total. The number of aliphatic carboxylic acids is 1. The van der Waals surface area contributed by atoms with Crippen LogP contribution < -0.4 is 10.1 Å². The minimum absolute atomic E-state index is 0.0213. The largest absolute Gasteiger partial charge is 0.496 e. The molecule has 0 spiro atoms. The summed E-state index contributed by atoms with van der Waals surface area (Å²) >= 11 is 0. The summed E-state index contributed by atoms with van der Waals surface area (Å²) in [5, 5.41) is 29.1. The average Bonchev–Trinajstić information content (AvgIpc) is 2.42. The van der Waals surface area contributed by atoms with E-state index in [1.54, 1.807) is 45.0 Å². The first-order valence-electron chi connectivity index (χ1n) is 7.37. The second kappa shape index (κ2) is 8.56. The Balaban J connectivity index is 2.73. The van der Waals surface area contributed by atoms with E-state index in [9.17, 15) is 14.7 Å². The maximum absolute atomic E-state index is 11.7. The molecule has 0 aliphatic carbocycles. The standard InChI is InChI=1S/C15H22BNO7/c1-15(2,3)24-14(20)17-12(13(18)19)8-10-5-4-6-11(7-10)23-9-16(21)22/h4-7,12,21-22H,8-9H2,1-3H3,(H,17,20)(H,18,19)/t12-/m1/s1. The van der Waals surface area contributed by atoms with Crippen molar-refractivity contribution in [2.45, 2.75) is 38.8 Å². The molecule has 0 unspecified atom stereocenters. The maximum atomic E-state index is 11.7. The predicted molar refractivity (Wildman–Crippen MR) is 86.6 cm³/mol. The molecule has 0 bridgehead atoms. The number of benzene rings is 1. The number of rotatable bonds is 7. The van der Waals surface area contributed by atoms with E-state index < -0.39 is 30.8 Å². The summed E-state index contributed by atoms with van der Waals surface area (Å²) in [6.45, 7) is 4.73. The fourth-order valence-corrected chi connectivity index (χ4v) is 1.82. The van der Waals surface area contributed by atoms with E-state index in [1.165, 1.54) is 0 Å². The van der Waals surface area contributed by atoms with Crippen molar-refractivity contribution in [3.05, 3.63) is 29.8 Å². The summed E-state index contributed by atoms with van der Waals surface area (Å²) in [6.07, 6.45) is -0.793. The van der Waals surface area contributed by atoms with Crippen molar-refractivity contribution in [2.24, 2.45) is 0 Å². The molecule has 0 fully saturated rings. The van der Waals surface area contributed by atoms with Crippen LogP contribution in [0, 0.1) is 0 Å². The third-order valence-electron chi connectivity index (χ3n) is 2.73. The molecule has 1 rings (SSSR count). The highest BCUT2D eigenvalue weighted by Gasteiger charge is 2.24. The average molecular weight is 339 g/mol. The molecule has 0 heterocycles. The Hall–Kier alpha value is -2.26. The molecule has 0 saturated heterocycles. The lowest BCUT2D eigenvalue weighted by Gasteiger charge is -2.22. The summed E-state index contributed by atoms with van der Waals surface area (Å²) in [6, 6.07) is 5.31. The van der Waals surface area contributed by atoms with E-state index in [-0.39, 0.29) is 12.9 Å². The number of carboxylic acid groups (broad SMARTS) is 1. The Labute approximate surface area is 140 Å². The quantitative estimate of drug-likeness (QED) is 0.536. The van der Waals surface area contributed by atoms with Gasteiger partial charge in [-0.2, -0.15) is 0 Å². The summed E-state index contributed by atoms with van der Waals surface area (Å²) in [5.74, 6) is -0.833. The van der Waals surface area contributed by atoms with Crippen LogP contribution in [0.5, 0.6) is 5.75 Å². The highest BCUT2D eigenvalue weighted by Crippen LogP contribution is 2.15. The van der Waals surface area contributed by atoms with Gasteiger partial charge in [-0.25, -0.2) is 9.59 Å². The fourth-order valence-electron chi connectivity index (χ4n) is 1.82. The molecule has 1 aromatic rings. The summed E-state index contributed by atoms with van der Waals surface area (Å²) in [4.78, 5) is 23.1. The molecule has 1 amide bonds. The summed E-state index contributed by atoms with van der Waals surface area (Å²) < 4.78 is 10.2. The lowest BCUT2D eigenvalue weighted by Crippen LogP contribution is -2.44. The summed E-state index contributed by atoms with van der Waals surface area (Å²) in [5.41, 5.74) is -0.130. The smallest absolute Gasteiger partial charge is 0.491 e. The van der Waals surface area contributed by atoms with Gasteiger partial charge in [-0.05, 0) is 38.5 Å². The first-order valence-corrected chi connectivity index (χ1v) is 7.37. The van der Waals surface area contributed by atoms with E-state index in [4.69, 9.17) is 19.5 Å². The van der Waals surface area contributed by atoms with Gasteiger partial charge in [0.25, 0.3) is 0 Å². The second-order valence-electron chi connectivity index (χ2n) is 6.18. The van der Waals surface area contributed by atoms with Crippen molar-refractivity contribution in [1.82, 2.24) is 5.32 Å². The molecular formula is C15H22BNO7. The molecule has 0 saturated carbocycles. The zero-order chi connectivity index (χ0) is 18.3. The number of carboxylic acids is 1. The molecule has 0 aliphatic rings. The van der Waals surface area contributed by atoms with E-state index in [0.29, 0.717) is 11.3 Å². The molecule has 8 nitrogen and oxygen atoms in total. The van der Waals surface area contributed by atoms with Crippen LogP contribution in [0.4, 0.5) is 4.79 Å². The van der Waals surface area contributed by atoms with Gasteiger partial charge in [0.15, 0.2) is 0 Å². The molecule has 0 aromatic heterocycles. The molecule has 0 radical (unpaired) electrons. The molecule has 132 valence electrons. The van der Waals surface area contributed by atoms with E-state index in [1.807, 2.05) is 0 Å². The van der Waals surface area contributed by atoms with Gasteiger partial charge in [0.2, 0.25) is 0 Å². The van der Waals surface area contributed by atoms with Gasteiger partial charge >= 0.3 is 19.2 Å². The zero-order valence-electron chi connectivity index (χ0n) is 13.9. The molecule has 24 heavy (non-hydrogen) atoms. The molecular weight excluding hydrogens is 317 g/mol. The first-order chi connectivity index (χ1) is 11.1. The normalized spacial score (nSPS) is 12.2. The monoisotopic (exact) mass is 339 g/mol. The van der Waals surface area contributed by atoms with Gasteiger partial charge in [-0.3, -0.25) is 0 Å². The van der Waals surface area contributed by atoms with E-state index >= 15 is 0 Å². The zero-order valence-corrected chi connectivity index (χ0v) is 13.9. The topological polar surface area (TPSA) is 125 Å². The third kappa shape index (κ3) is 7.84.